The monoisotopic (exact) mass is 375 g/mol. The molecule has 0 atom stereocenters. The van der Waals surface area contributed by atoms with Gasteiger partial charge in [0.25, 0.3) is 5.91 Å². The molecule has 3 rings (SSSR count). The van der Waals surface area contributed by atoms with E-state index in [0.29, 0.717) is 0 Å². The van der Waals surface area contributed by atoms with Crippen molar-refractivity contribution >= 4 is 29.0 Å². The standard InChI is InChI=1S/C19H25N3OS2/c1-3-21-9-6-10-22(12-11-21)19(23)17-7-4-5-8-18(17)25-14-16-13-24-15(2)20-16/h4-5,7-8,13H,3,6,9-12,14H2,1-2H3. The van der Waals surface area contributed by atoms with Crippen LogP contribution in [0.2, 0.25) is 0 Å². The highest BCUT2D eigenvalue weighted by atomic mass is 32.2. The molecule has 1 aliphatic heterocycles. The molecule has 0 unspecified atom stereocenters. The summed E-state index contributed by atoms with van der Waals surface area (Å²) in [6.07, 6.45) is 1.05. The fourth-order valence-electron chi connectivity index (χ4n) is 3.06. The number of benzene rings is 1. The number of amides is 1. The second kappa shape index (κ2) is 8.83. The Morgan fingerprint density at radius 2 is 2.08 bits per heavy atom. The molecule has 1 aliphatic rings. The summed E-state index contributed by atoms with van der Waals surface area (Å²) in [7, 11) is 0. The second-order valence-corrected chi connectivity index (χ2v) is 8.30. The minimum absolute atomic E-state index is 0.163. The van der Waals surface area contributed by atoms with E-state index < -0.39 is 0 Å². The van der Waals surface area contributed by atoms with Crippen LogP contribution in [-0.4, -0.2) is 53.4 Å². The van der Waals surface area contributed by atoms with Crippen LogP contribution in [0.5, 0.6) is 0 Å². The number of thiazole rings is 1. The smallest absolute Gasteiger partial charge is 0.255 e. The molecule has 6 heteroatoms. The van der Waals surface area contributed by atoms with Crippen molar-refractivity contribution in [2.75, 3.05) is 32.7 Å². The van der Waals surface area contributed by atoms with Crippen molar-refractivity contribution in [1.82, 2.24) is 14.8 Å². The summed E-state index contributed by atoms with van der Waals surface area (Å²) in [6.45, 7) is 8.98. The number of aromatic nitrogens is 1. The third-order valence-corrected chi connectivity index (χ3v) is 6.41. The molecule has 2 aromatic rings. The summed E-state index contributed by atoms with van der Waals surface area (Å²) >= 11 is 3.38. The van der Waals surface area contributed by atoms with Crippen molar-refractivity contribution in [3.05, 3.63) is 45.9 Å². The van der Waals surface area contributed by atoms with E-state index in [1.54, 1.807) is 23.1 Å². The summed E-state index contributed by atoms with van der Waals surface area (Å²) in [5.41, 5.74) is 1.91. The van der Waals surface area contributed by atoms with Crippen molar-refractivity contribution in [1.29, 1.82) is 0 Å². The first kappa shape index (κ1) is 18.4. The van der Waals surface area contributed by atoms with Gasteiger partial charge in [-0.3, -0.25) is 4.79 Å². The van der Waals surface area contributed by atoms with Crippen LogP contribution in [0.1, 0.15) is 34.4 Å². The number of carbonyl (C=O) groups is 1. The molecule has 2 heterocycles. The molecular weight excluding hydrogens is 350 g/mol. The summed E-state index contributed by atoms with van der Waals surface area (Å²) in [6, 6.07) is 7.97. The van der Waals surface area contributed by atoms with Crippen molar-refractivity contribution < 1.29 is 4.79 Å². The van der Waals surface area contributed by atoms with E-state index in [-0.39, 0.29) is 5.91 Å². The molecule has 1 aromatic carbocycles. The molecule has 1 aromatic heterocycles. The maximum atomic E-state index is 13.1. The molecular formula is C19H25N3OS2. The Labute approximate surface area is 158 Å². The van der Waals surface area contributed by atoms with E-state index in [0.717, 1.165) is 66.1 Å². The van der Waals surface area contributed by atoms with Crippen molar-refractivity contribution in [3.63, 3.8) is 0 Å². The van der Waals surface area contributed by atoms with Crippen LogP contribution in [0, 0.1) is 6.92 Å². The van der Waals surface area contributed by atoms with Gasteiger partial charge >= 0.3 is 0 Å². The van der Waals surface area contributed by atoms with Crippen LogP contribution in [0.3, 0.4) is 0 Å². The maximum absolute atomic E-state index is 13.1. The third kappa shape index (κ3) is 4.84. The van der Waals surface area contributed by atoms with Gasteiger partial charge in [0.1, 0.15) is 0 Å². The third-order valence-electron chi connectivity index (χ3n) is 4.48. The van der Waals surface area contributed by atoms with Crippen LogP contribution >= 0.6 is 23.1 Å². The average Bonchev–Trinajstić information content (AvgIpc) is 2.91. The van der Waals surface area contributed by atoms with E-state index in [1.807, 2.05) is 36.1 Å². The molecule has 1 amide bonds. The lowest BCUT2D eigenvalue weighted by Crippen LogP contribution is -2.35. The van der Waals surface area contributed by atoms with Gasteiger partial charge in [-0.15, -0.1) is 23.1 Å². The first-order valence-corrected chi connectivity index (χ1v) is 10.7. The number of likely N-dealkylation sites (N-methyl/N-ethyl adjacent to an activating group) is 1. The van der Waals surface area contributed by atoms with E-state index in [9.17, 15) is 4.79 Å². The zero-order chi connectivity index (χ0) is 17.6. The number of nitrogens with zero attached hydrogens (tertiary/aromatic N) is 3. The van der Waals surface area contributed by atoms with Gasteiger partial charge < -0.3 is 9.80 Å². The second-order valence-electron chi connectivity index (χ2n) is 6.22. The lowest BCUT2D eigenvalue weighted by molar-refractivity contribution is 0.0758. The highest BCUT2D eigenvalue weighted by Gasteiger charge is 2.21. The molecule has 0 radical (unpaired) electrons. The first-order valence-electron chi connectivity index (χ1n) is 8.82. The Bertz CT molecular complexity index is 716. The highest BCUT2D eigenvalue weighted by molar-refractivity contribution is 7.98. The Hall–Kier alpha value is -1.37. The first-order chi connectivity index (χ1) is 12.2. The summed E-state index contributed by atoms with van der Waals surface area (Å²) < 4.78 is 0. The number of hydrogen-bond donors (Lipinski definition) is 0. The predicted molar refractivity (Wildman–Crippen MR) is 105 cm³/mol. The molecule has 0 N–H and O–H groups in total. The topological polar surface area (TPSA) is 36.4 Å². The van der Waals surface area contributed by atoms with E-state index >= 15 is 0 Å². The van der Waals surface area contributed by atoms with Crippen LogP contribution in [0.15, 0.2) is 34.5 Å². The maximum Gasteiger partial charge on any atom is 0.255 e. The van der Waals surface area contributed by atoms with Gasteiger partial charge in [-0.05, 0) is 38.6 Å². The predicted octanol–water partition coefficient (Wildman–Crippen LogP) is 3.91. The van der Waals surface area contributed by atoms with E-state index in [1.165, 1.54) is 0 Å². The summed E-state index contributed by atoms with van der Waals surface area (Å²) in [5.74, 6) is 0.966. The summed E-state index contributed by atoms with van der Waals surface area (Å²) in [4.78, 5) is 23.1. The fraction of sp³-hybridized carbons (Fsp3) is 0.474. The Balaban J connectivity index is 1.69. The van der Waals surface area contributed by atoms with Gasteiger partial charge in [-0.1, -0.05) is 19.1 Å². The van der Waals surface area contributed by atoms with Gasteiger partial charge in [-0.25, -0.2) is 4.98 Å². The van der Waals surface area contributed by atoms with Crippen molar-refractivity contribution in [2.45, 2.75) is 30.9 Å². The Morgan fingerprint density at radius 3 is 2.84 bits per heavy atom. The van der Waals surface area contributed by atoms with E-state index in [2.05, 4.69) is 22.2 Å². The molecule has 0 aliphatic carbocycles. The van der Waals surface area contributed by atoms with Crippen LogP contribution < -0.4 is 0 Å². The van der Waals surface area contributed by atoms with Crippen molar-refractivity contribution in [2.24, 2.45) is 0 Å². The number of rotatable bonds is 5. The molecule has 1 saturated heterocycles. The normalized spacial score (nSPS) is 16.0. The molecule has 0 spiro atoms. The van der Waals surface area contributed by atoms with Crippen LogP contribution in [0.4, 0.5) is 0 Å². The minimum atomic E-state index is 0.163. The molecule has 0 bridgehead atoms. The zero-order valence-electron chi connectivity index (χ0n) is 14.9. The van der Waals surface area contributed by atoms with Crippen molar-refractivity contribution in [3.8, 4) is 0 Å². The highest BCUT2D eigenvalue weighted by Crippen LogP contribution is 2.28. The van der Waals surface area contributed by atoms with Gasteiger partial charge in [0.15, 0.2) is 0 Å². The molecule has 0 saturated carbocycles. The lowest BCUT2D eigenvalue weighted by atomic mass is 10.2. The molecule has 134 valence electrons. The quantitative estimate of drug-likeness (QED) is 0.743. The molecule has 25 heavy (non-hydrogen) atoms. The SMILES string of the molecule is CCN1CCCN(C(=O)c2ccccc2SCc2csc(C)n2)CC1. The van der Waals surface area contributed by atoms with Crippen LogP contribution in [-0.2, 0) is 5.75 Å². The number of aryl methyl sites for hydroxylation is 1. The Morgan fingerprint density at radius 1 is 1.24 bits per heavy atom. The zero-order valence-corrected chi connectivity index (χ0v) is 16.5. The molecule has 1 fully saturated rings. The van der Waals surface area contributed by atoms with Crippen LogP contribution in [0.25, 0.3) is 0 Å². The number of thioether (sulfide) groups is 1. The van der Waals surface area contributed by atoms with Gasteiger partial charge in [0.05, 0.1) is 16.3 Å². The van der Waals surface area contributed by atoms with Gasteiger partial charge in [0, 0.05) is 35.7 Å². The Kier molecular flexibility index (Phi) is 6.51. The van der Waals surface area contributed by atoms with Gasteiger partial charge in [-0.2, -0.15) is 0 Å². The fourth-order valence-corrected chi connectivity index (χ4v) is 4.71. The lowest BCUT2D eigenvalue weighted by Gasteiger charge is -2.22. The number of hydrogen-bond acceptors (Lipinski definition) is 5. The molecule has 4 nitrogen and oxygen atoms in total. The van der Waals surface area contributed by atoms with Gasteiger partial charge in [0.2, 0.25) is 0 Å². The average molecular weight is 376 g/mol. The minimum Gasteiger partial charge on any atom is -0.337 e. The number of carbonyl (C=O) groups excluding carboxylic acids is 1. The summed E-state index contributed by atoms with van der Waals surface area (Å²) in [5, 5.41) is 3.19. The van der Waals surface area contributed by atoms with E-state index in [4.69, 9.17) is 0 Å². The largest absolute Gasteiger partial charge is 0.337 e.